The second-order valence-electron chi connectivity index (χ2n) is 8.75. The molecule has 1 saturated carbocycles. The molecule has 0 bridgehead atoms. The number of carbonyl (C=O) groups is 2. The topological polar surface area (TPSA) is 111 Å². The van der Waals surface area contributed by atoms with E-state index in [0.29, 0.717) is 30.2 Å². The summed E-state index contributed by atoms with van der Waals surface area (Å²) in [5, 5.41) is 13.2. The summed E-state index contributed by atoms with van der Waals surface area (Å²) in [5.74, 6) is -0.275. The highest BCUT2D eigenvalue weighted by Gasteiger charge is 2.29. The van der Waals surface area contributed by atoms with E-state index in [4.69, 9.17) is 18.7 Å². The number of carboxylic acids is 1. The molecule has 2 fully saturated rings. The molecule has 9 heteroatoms. The lowest BCUT2D eigenvalue weighted by Gasteiger charge is -2.27. The predicted molar refractivity (Wildman–Crippen MR) is 118 cm³/mol. The Kier molecular flexibility index (Phi) is 7.17. The van der Waals surface area contributed by atoms with E-state index in [9.17, 15) is 14.7 Å². The molecule has 33 heavy (non-hydrogen) atoms. The number of hydrogen-bond donors (Lipinski definition) is 1. The van der Waals surface area contributed by atoms with Crippen LogP contribution in [0.15, 0.2) is 28.8 Å². The molecule has 9 nitrogen and oxygen atoms in total. The van der Waals surface area contributed by atoms with Crippen LogP contribution in [-0.2, 0) is 20.9 Å². The van der Waals surface area contributed by atoms with Crippen LogP contribution in [0.2, 0.25) is 0 Å². The fourth-order valence-corrected chi connectivity index (χ4v) is 4.39. The van der Waals surface area contributed by atoms with Gasteiger partial charge >= 0.3 is 12.1 Å². The van der Waals surface area contributed by atoms with Crippen LogP contribution in [0.25, 0.3) is 11.3 Å². The molecule has 2 heterocycles. The van der Waals surface area contributed by atoms with Crippen molar-refractivity contribution in [2.75, 3.05) is 20.3 Å². The number of aliphatic carboxylic acids is 1. The first-order valence-corrected chi connectivity index (χ1v) is 11.3. The number of nitrogens with zero attached hydrogens (tertiary/aromatic N) is 2. The summed E-state index contributed by atoms with van der Waals surface area (Å²) in [6.07, 6.45) is 4.07. The van der Waals surface area contributed by atoms with E-state index in [1.165, 1.54) is 0 Å². The number of ether oxygens (including phenoxy) is 3. The maximum atomic E-state index is 12.5. The number of benzene rings is 1. The van der Waals surface area contributed by atoms with E-state index < -0.39 is 11.9 Å². The highest BCUT2D eigenvalue weighted by molar-refractivity contribution is 5.70. The number of aromatic nitrogens is 1. The number of hydrogen-bond acceptors (Lipinski definition) is 7. The summed E-state index contributed by atoms with van der Waals surface area (Å²) in [4.78, 5) is 25.4. The van der Waals surface area contributed by atoms with E-state index in [1.54, 1.807) is 24.1 Å². The Bertz CT molecular complexity index is 966. The van der Waals surface area contributed by atoms with Gasteiger partial charge in [0, 0.05) is 25.1 Å². The van der Waals surface area contributed by atoms with Gasteiger partial charge in [-0.1, -0.05) is 18.0 Å². The molecular weight excluding hydrogens is 428 g/mol. The molecule has 2 aromatic rings. The second kappa shape index (κ2) is 10.2. The van der Waals surface area contributed by atoms with Gasteiger partial charge in [-0.15, -0.1) is 0 Å². The summed E-state index contributed by atoms with van der Waals surface area (Å²) >= 11 is 0. The van der Waals surface area contributed by atoms with Gasteiger partial charge in [-0.05, 0) is 44.0 Å². The summed E-state index contributed by atoms with van der Waals surface area (Å²) in [6, 6.07) is 7.50. The molecule has 1 saturated heterocycles. The van der Waals surface area contributed by atoms with Gasteiger partial charge in [-0.2, -0.15) is 0 Å². The minimum atomic E-state index is -0.873. The Morgan fingerprint density at radius 2 is 1.91 bits per heavy atom. The lowest BCUT2D eigenvalue weighted by molar-refractivity contribution is -0.149. The molecule has 0 unspecified atom stereocenters. The zero-order chi connectivity index (χ0) is 23.4. The first-order valence-electron chi connectivity index (χ1n) is 11.3. The van der Waals surface area contributed by atoms with Crippen LogP contribution in [-0.4, -0.2) is 59.6 Å². The van der Waals surface area contributed by atoms with Crippen LogP contribution in [0.1, 0.15) is 43.4 Å². The van der Waals surface area contributed by atoms with Crippen LogP contribution in [0.3, 0.4) is 0 Å². The summed E-state index contributed by atoms with van der Waals surface area (Å²) < 4.78 is 22.3. The largest absolute Gasteiger partial charge is 0.488 e. The van der Waals surface area contributed by atoms with Crippen molar-refractivity contribution in [3.63, 3.8) is 0 Å². The molecule has 1 aromatic heterocycles. The normalized spacial score (nSPS) is 21.0. The second-order valence-corrected chi connectivity index (χ2v) is 8.75. The molecule has 2 aliphatic rings. The van der Waals surface area contributed by atoms with Gasteiger partial charge in [0.2, 0.25) is 0 Å². The quantitative estimate of drug-likeness (QED) is 0.662. The van der Waals surface area contributed by atoms with E-state index in [-0.39, 0.29) is 31.5 Å². The van der Waals surface area contributed by atoms with Crippen LogP contribution < -0.4 is 4.74 Å². The third-order valence-electron chi connectivity index (χ3n) is 6.42. The minimum absolute atomic E-state index is 0.0782. The molecule has 0 radical (unpaired) electrons. The fraction of sp³-hybridized carbons (Fsp3) is 0.542. The van der Waals surface area contributed by atoms with Gasteiger partial charge in [0.15, 0.2) is 5.76 Å². The molecule has 1 amide bonds. The molecule has 1 aliphatic carbocycles. The van der Waals surface area contributed by atoms with Crippen molar-refractivity contribution in [1.29, 1.82) is 0 Å². The first kappa shape index (κ1) is 23.1. The maximum absolute atomic E-state index is 12.5. The monoisotopic (exact) mass is 458 g/mol. The minimum Gasteiger partial charge on any atom is -0.488 e. The van der Waals surface area contributed by atoms with E-state index >= 15 is 0 Å². The Morgan fingerprint density at radius 3 is 2.61 bits per heavy atom. The highest BCUT2D eigenvalue weighted by atomic mass is 16.6. The van der Waals surface area contributed by atoms with Crippen molar-refractivity contribution < 1.29 is 33.4 Å². The zero-order valence-electron chi connectivity index (χ0n) is 19.0. The Morgan fingerprint density at radius 1 is 1.18 bits per heavy atom. The summed E-state index contributed by atoms with van der Waals surface area (Å²) in [6.45, 7) is 2.46. The Hall–Kier alpha value is -3.07. The Labute approximate surface area is 192 Å². The van der Waals surface area contributed by atoms with Crippen LogP contribution in [0.5, 0.6) is 5.75 Å². The molecule has 1 aromatic carbocycles. The van der Waals surface area contributed by atoms with Crippen LogP contribution >= 0.6 is 0 Å². The number of amides is 1. The van der Waals surface area contributed by atoms with Crippen molar-refractivity contribution in [3.05, 3.63) is 35.5 Å². The number of rotatable bonds is 7. The predicted octanol–water partition coefficient (Wildman–Crippen LogP) is 4.03. The molecule has 4 rings (SSSR count). The molecule has 1 aliphatic heterocycles. The average Bonchev–Trinajstić information content (AvgIpc) is 3.48. The van der Waals surface area contributed by atoms with Crippen molar-refractivity contribution in [2.45, 2.75) is 57.8 Å². The van der Waals surface area contributed by atoms with E-state index in [2.05, 4.69) is 5.16 Å². The standard InChI is InChI=1S/C24H30N2O7/c1-15-21(14-31-24(29)26(2)18-5-3-4-6-18)22(33-25-15)16-7-9-19(10-8-16)32-20-11-17(23(27)28)12-30-13-20/h7-10,17-18,20H,3-6,11-14H2,1-2H3,(H,27,28)/t17-,20+/m0/s1. The van der Waals surface area contributed by atoms with Crippen LogP contribution in [0.4, 0.5) is 4.79 Å². The zero-order valence-corrected chi connectivity index (χ0v) is 19.0. The smallest absolute Gasteiger partial charge is 0.410 e. The van der Waals surface area contributed by atoms with Gasteiger partial charge < -0.3 is 28.7 Å². The van der Waals surface area contributed by atoms with Crippen molar-refractivity contribution in [1.82, 2.24) is 10.1 Å². The SMILES string of the molecule is Cc1noc(-c2ccc(O[C@H]3COC[C@@H](C(=O)O)C3)cc2)c1COC(=O)N(C)C1CCCC1. The van der Waals surface area contributed by atoms with Gasteiger partial charge in [0.1, 0.15) is 18.5 Å². The molecule has 1 N–H and O–H groups in total. The van der Waals surface area contributed by atoms with Crippen LogP contribution in [0, 0.1) is 12.8 Å². The van der Waals surface area contributed by atoms with E-state index in [1.807, 2.05) is 19.1 Å². The number of carboxylic acid groups (broad SMARTS) is 1. The maximum Gasteiger partial charge on any atom is 0.410 e. The van der Waals surface area contributed by atoms with Gasteiger partial charge in [0.25, 0.3) is 0 Å². The Balaban J connectivity index is 1.38. The molecular formula is C24H30N2O7. The van der Waals surface area contributed by atoms with Crippen molar-refractivity contribution >= 4 is 12.1 Å². The first-order chi connectivity index (χ1) is 15.9. The molecule has 2 atom stereocenters. The average molecular weight is 459 g/mol. The lowest BCUT2D eigenvalue weighted by atomic mass is 10.0. The van der Waals surface area contributed by atoms with Gasteiger partial charge in [0.05, 0.1) is 30.4 Å². The number of carbonyl (C=O) groups excluding carboxylic acids is 1. The third-order valence-corrected chi connectivity index (χ3v) is 6.42. The summed E-state index contributed by atoms with van der Waals surface area (Å²) in [5.41, 5.74) is 2.17. The molecule has 178 valence electrons. The van der Waals surface area contributed by atoms with E-state index in [0.717, 1.165) is 36.8 Å². The lowest BCUT2D eigenvalue weighted by Crippen LogP contribution is -2.37. The van der Waals surface area contributed by atoms with Gasteiger partial charge in [-0.25, -0.2) is 4.79 Å². The van der Waals surface area contributed by atoms with Crippen molar-refractivity contribution in [2.24, 2.45) is 5.92 Å². The fourth-order valence-electron chi connectivity index (χ4n) is 4.39. The highest BCUT2D eigenvalue weighted by Crippen LogP contribution is 2.30. The number of aryl methyl sites for hydroxylation is 1. The van der Waals surface area contributed by atoms with Gasteiger partial charge in [-0.3, -0.25) is 4.79 Å². The third kappa shape index (κ3) is 5.47. The molecule has 0 spiro atoms. The summed E-state index contributed by atoms with van der Waals surface area (Å²) in [7, 11) is 1.79. The van der Waals surface area contributed by atoms with Crippen molar-refractivity contribution in [3.8, 4) is 17.1 Å².